The van der Waals surface area contributed by atoms with Gasteiger partial charge in [0.15, 0.2) is 11.5 Å². The summed E-state index contributed by atoms with van der Waals surface area (Å²) in [5.74, 6) is -0.256. The van der Waals surface area contributed by atoms with Crippen LogP contribution in [0.5, 0.6) is 17.2 Å². The molecule has 1 heterocycles. The van der Waals surface area contributed by atoms with Crippen molar-refractivity contribution in [2.24, 2.45) is 0 Å². The van der Waals surface area contributed by atoms with Crippen molar-refractivity contribution in [1.29, 1.82) is 0 Å². The van der Waals surface area contributed by atoms with E-state index in [4.69, 9.17) is 14.2 Å². The van der Waals surface area contributed by atoms with E-state index in [1.165, 1.54) is 14.2 Å². The fraction of sp³-hybridized carbons (Fsp3) is 0.357. The average Bonchev–Trinajstić information content (AvgIpc) is 2.72. The molecule has 102 valence electrons. The number of carbonyl (C=O) groups excluding carboxylic acids is 1. The molecule has 1 aliphatic rings. The Bertz CT molecular complexity index is 521. The minimum Gasteiger partial charge on any atom is -0.504 e. The third-order valence-electron chi connectivity index (χ3n) is 3.11. The molecule has 1 aromatic carbocycles. The van der Waals surface area contributed by atoms with E-state index in [-0.39, 0.29) is 23.2 Å². The van der Waals surface area contributed by atoms with Crippen LogP contribution in [0.3, 0.4) is 0 Å². The molecule has 1 aliphatic heterocycles. The average molecular weight is 264 g/mol. The predicted octanol–water partition coefficient (Wildman–Crippen LogP) is 2.59. The number of carbonyl (C=O) groups is 1. The fourth-order valence-electron chi connectivity index (χ4n) is 2.20. The van der Waals surface area contributed by atoms with Crippen molar-refractivity contribution >= 4 is 5.97 Å². The van der Waals surface area contributed by atoms with E-state index in [2.05, 4.69) is 6.58 Å². The molecule has 0 aromatic heterocycles. The third kappa shape index (κ3) is 2.12. The molecular weight excluding hydrogens is 248 g/mol. The van der Waals surface area contributed by atoms with Crippen LogP contribution in [0, 0.1) is 0 Å². The summed E-state index contributed by atoms with van der Waals surface area (Å²) in [7, 11) is 2.87. The molecule has 1 aromatic rings. The van der Waals surface area contributed by atoms with Gasteiger partial charge in [0, 0.05) is 5.56 Å². The summed E-state index contributed by atoms with van der Waals surface area (Å²) in [6.07, 6.45) is 2.71. The minimum atomic E-state index is -0.539. The van der Waals surface area contributed by atoms with Gasteiger partial charge in [-0.05, 0) is 18.9 Å². The summed E-state index contributed by atoms with van der Waals surface area (Å²) in [6, 6.07) is 1.67. The van der Waals surface area contributed by atoms with Gasteiger partial charge in [0.25, 0.3) is 0 Å². The van der Waals surface area contributed by atoms with Gasteiger partial charge in [-0.15, -0.1) is 6.58 Å². The highest BCUT2D eigenvalue weighted by molar-refractivity contribution is 5.98. The number of hydrogen-bond acceptors (Lipinski definition) is 5. The summed E-state index contributed by atoms with van der Waals surface area (Å²) in [5.41, 5.74) is 0.786. The number of phenolic OH excluding ortho intramolecular Hbond substituents is 1. The topological polar surface area (TPSA) is 65.0 Å². The maximum Gasteiger partial charge on any atom is 0.343 e. The van der Waals surface area contributed by atoms with Gasteiger partial charge in [0.2, 0.25) is 5.75 Å². The maximum absolute atomic E-state index is 11.8. The monoisotopic (exact) mass is 264 g/mol. The van der Waals surface area contributed by atoms with Crippen LogP contribution in [0.25, 0.3) is 0 Å². The second-order valence-electron chi connectivity index (χ2n) is 4.18. The number of methoxy groups -OCH3 is 2. The van der Waals surface area contributed by atoms with Crippen LogP contribution >= 0.6 is 0 Å². The summed E-state index contributed by atoms with van der Waals surface area (Å²) < 4.78 is 15.5. The van der Waals surface area contributed by atoms with Gasteiger partial charge in [-0.3, -0.25) is 0 Å². The van der Waals surface area contributed by atoms with Gasteiger partial charge < -0.3 is 19.3 Å². The first-order chi connectivity index (χ1) is 9.13. The van der Waals surface area contributed by atoms with Crippen molar-refractivity contribution in [3.05, 3.63) is 29.8 Å². The highest BCUT2D eigenvalue weighted by Crippen LogP contribution is 2.47. The van der Waals surface area contributed by atoms with Crippen molar-refractivity contribution in [3.63, 3.8) is 0 Å². The number of aromatic hydroxyl groups is 1. The van der Waals surface area contributed by atoms with Gasteiger partial charge in [-0.1, -0.05) is 6.08 Å². The van der Waals surface area contributed by atoms with E-state index in [0.29, 0.717) is 24.2 Å². The normalized spacial score (nSPS) is 16.7. The molecule has 0 fully saturated rings. The third-order valence-corrected chi connectivity index (χ3v) is 3.11. The predicted molar refractivity (Wildman–Crippen MR) is 68.8 cm³/mol. The second-order valence-corrected chi connectivity index (χ2v) is 4.18. The molecule has 1 N–H and O–H groups in total. The summed E-state index contributed by atoms with van der Waals surface area (Å²) >= 11 is 0. The van der Waals surface area contributed by atoms with Crippen LogP contribution in [0.2, 0.25) is 0 Å². The lowest BCUT2D eigenvalue weighted by molar-refractivity contribution is 0.0369. The summed E-state index contributed by atoms with van der Waals surface area (Å²) in [5, 5.41) is 10.1. The Morgan fingerprint density at radius 3 is 2.79 bits per heavy atom. The number of cyclic esters (lactones) is 1. The number of phenols is 1. The van der Waals surface area contributed by atoms with Gasteiger partial charge >= 0.3 is 5.97 Å². The molecule has 2 rings (SSSR count). The summed E-state index contributed by atoms with van der Waals surface area (Å²) in [4.78, 5) is 11.8. The minimum absolute atomic E-state index is 0.141. The number of allylic oxidation sites excluding steroid dienone is 1. The smallest absolute Gasteiger partial charge is 0.343 e. The van der Waals surface area contributed by atoms with E-state index in [1.54, 1.807) is 12.1 Å². The molecule has 0 radical (unpaired) electrons. The molecule has 1 atom stereocenters. The van der Waals surface area contributed by atoms with Crippen molar-refractivity contribution in [1.82, 2.24) is 0 Å². The SMILES string of the molecule is C=CCCC1OC(=O)c2c1cc(OC)c(OC)c2O. The highest BCUT2D eigenvalue weighted by atomic mass is 16.6. The molecule has 19 heavy (non-hydrogen) atoms. The standard InChI is InChI=1S/C14H16O5/c1-4-5-6-9-8-7-10(17-2)13(18-3)12(15)11(8)14(16)19-9/h4,7,9,15H,1,5-6H2,2-3H3. The largest absolute Gasteiger partial charge is 0.504 e. The van der Waals surface area contributed by atoms with Crippen molar-refractivity contribution in [2.45, 2.75) is 18.9 Å². The lowest BCUT2D eigenvalue weighted by Crippen LogP contribution is -1.98. The van der Waals surface area contributed by atoms with Crippen LogP contribution < -0.4 is 9.47 Å². The molecular formula is C14H16O5. The van der Waals surface area contributed by atoms with Gasteiger partial charge in [-0.25, -0.2) is 4.79 Å². The number of benzene rings is 1. The Hall–Kier alpha value is -2.17. The van der Waals surface area contributed by atoms with E-state index >= 15 is 0 Å². The quantitative estimate of drug-likeness (QED) is 0.654. The number of esters is 1. The Balaban J connectivity index is 2.51. The second kappa shape index (κ2) is 5.22. The zero-order valence-corrected chi connectivity index (χ0v) is 10.9. The van der Waals surface area contributed by atoms with E-state index in [1.807, 2.05) is 0 Å². The van der Waals surface area contributed by atoms with E-state index < -0.39 is 5.97 Å². The Labute approximate surface area is 111 Å². The molecule has 0 saturated heterocycles. The first-order valence-corrected chi connectivity index (χ1v) is 5.93. The Morgan fingerprint density at radius 2 is 2.21 bits per heavy atom. The molecule has 5 heteroatoms. The number of hydrogen-bond donors (Lipinski definition) is 1. The number of fused-ring (bicyclic) bond motifs is 1. The van der Waals surface area contributed by atoms with Gasteiger partial charge in [-0.2, -0.15) is 0 Å². The zero-order chi connectivity index (χ0) is 14.0. The van der Waals surface area contributed by atoms with Crippen LogP contribution in [0.4, 0.5) is 0 Å². The first kappa shape index (κ1) is 13.3. The highest BCUT2D eigenvalue weighted by Gasteiger charge is 2.36. The molecule has 1 unspecified atom stereocenters. The van der Waals surface area contributed by atoms with Crippen LogP contribution in [0.1, 0.15) is 34.9 Å². The van der Waals surface area contributed by atoms with Crippen molar-refractivity contribution in [3.8, 4) is 17.2 Å². The number of ether oxygens (including phenoxy) is 3. The molecule has 0 saturated carbocycles. The zero-order valence-electron chi connectivity index (χ0n) is 10.9. The molecule has 0 amide bonds. The van der Waals surface area contributed by atoms with Crippen LogP contribution in [0.15, 0.2) is 18.7 Å². The van der Waals surface area contributed by atoms with Gasteiger partial charge in [0.1, 0.15) is 11.7 Å². The van der Waals surface area contributed by atoms with E-state index in [0.717, 1.165) is 0 Å². The molecule has 0 spiro atoms. The lowest BCUT2D eigenvalue weighted by Gasteiger charge is -2.13. The maximum atomic E-state index is 11.8. The van der Waals surface area contributed by atoms with Crippen molar-refractivity contribution in [2.75, 3.05) is 14.2 Å². The molecule has 5 nitrogen and oxygen atoms in total. The van der Waals surface area contributed by atoms with Crippen molar-refractivity contribution < 1.29 is 24.1 Å². The first-order valence-electron chi connectivity index (χ1n) is 5.93. The summed E-state index contributed by atoms with van der Waals surface area (Å²) in [6.45, 7) is 3.64. The van der Waals surface area contributed by atoms with Crippen LogP contribution in [-0.4, -0.2) is 25.3 Å². The van der Waals surface area contributed by atoms with Crippen LogP contribution in [-0.2, 0) is 4.74 Å². The molecule has 0 bridgehead atoms. The fourth-order valence-corrected chi connectivity index (χ4v) is 2.20. The van der Waals surface area contributed by atoms with E-state index in [9.17, 15) is 9.90 Å². The van der Waals surface area contributed by atoms with Gasteiger partial charge in [0.05, 0.1) is 14.2 Å². The number of rotatable bonds is 5. The Morgan fingerprint density at radius 1 is 1.47 bits per heavy atom. The lowest BCUT2D eigenvalue weighted by atomic mass is 10.00. The molecule has 0 aliphatic carbocycles. The Kier molecular flexibility index (Phi) is 3.64.